The Hall–Kier alpha value is -3.46. The predicted molar refractivity (Wildman–Crippen MR) is 109 cm³/mol. The summed E-state index contributed by atoms with van der Waals surface area (Å²) < 4.78 is 56.0. The highest BCUT2D eigenvalue weighted by Crippen LogP contribution is 2.20. The van der Waals surface area contributed by atoms with Crippen LogP contribution in [0.4, 0.5) is 20.2 Å². The molecule has 0 aromatic heterocycles. The lowest BCUT2D eigenvalue weighted by Gasteiger charge is -2.10. The molecule has 2 N–H and O–H groups in total. The summed E-state index contributed by atoms with van der Waals surface area (Å²) in [6.07, 6.45) is 0. The summed E-state index contributed by atoms with van der Waals surface area (Å²) in [6, 6.07) is 17.7. The van der Waals surface area contributed by atoms with Gasteiger partial charge in [0.2, 0.25) is 0 Å². The van der Waals surface area contributed by atoms with E-state index in [1.54, 1.807) is 24.3 Å². The normalized spacial score (nSPS) is 11.2. The first-order valence-corrected chi connectivity index (χ1v) is 10.3. The number of hydrogen-bond donors (Lipinski definition) is 2. The number of sulfonamides is 1. The summed E-state index contributed by atoms with van der Waals surface area (Å²) in [6.45, 7) is -1.03. The van der Waals surface area contributed by atoms with Crippen molar-refractivity contribution in [2.75, 3.05) is 10.0 Å². The molecule has 0 saturated heterocycles. The number of carbonyl (C=O) groups excluding carboxylic acids is 1. The second-order valence-electron chi connectivity index (χ2n) is 6.35. The number of ether oxygens (including phenoxy) is 1. The fourth-order valence-electron chi connectivity index (χ4n) is 2.54. The zero-order valence-electron chi connectivity index (χ0n) is 15.8. The molecule has 9 heteroatoms. The van der Waals surface area contributed by atoms with Gasteiger partial charge in [-0.15, -0.1) is 0 Å². The van der Waals surface area contributed by atoms with Crippen LogP contribution in [0.15, 0.2) is 77.7 Å². The molecule has 0 atom stereocenters. The Balaban J connectivity index is 1.67. The molecule has 0 unspecified atom stereocenters. The summed E-state index contributed by atoms with van der Waals surface area (Å²) in [5.74, 6) is -0.508. The lowest BCUT2D eigenvalue weighted by atomic mass is 10.2. The van der Waals surface area contributed by atoms with E-state index in [1.165, 1.54) is 48.5 Å². The minimum Gasteiger partial charge on any atom is -0.435 e. The Labute approximate surface area is 172 Å². The van der Waals surface area contributed by atoms with Crippen LogP contribution < -0.4 is 14.8 Å². The molecule has 3 rings (SSSR count). The van der Waals surface area contributed by atoms with Crippen molar-refractivity contribution in [1.29, 1.82) is 0 Å². The fraction of sp³-hybridized carbons (Fsp3) is 0.0952. The number of amides is 1. The maximum absolute atomic E-state index is 12.5. The van der Waals surface area contributed by atoms with Gasteiger partial charge in [0.15, 0.2) is 0 Å². The third kappa shape index (κ3) is 5.54. The summed E-state index contributed by atoms with van der Waals surface area (Å²) in [4.78, 5) is 12.3. The van der Waals surface area contributed by atoms with Crippen molar-refractivity contribution in [2.24, 2.45) is 0 Å². The maximum Gasteiger partial charge on any atom is 0.387 e. The van der Waals surface area contributed by atoms with Crippen LogP contribution in [-0.2, 0) is 10.0 Å². The van der Waals surface area contributed by atoms with Crippen LogP contribution in [0.25, 0.3) is 0 Å². The quantitative estimate of drug-likeness (QED) is 0.569. The van der Waals surface area contributed by atoms with Crippen LogP contribution in [0.5, 0.6) is 5.75 Å². The predicted octanol–water partition coefficient (Wildman–Crippen LogP) is 4.65. The van der Waals surface area contributed by atoms with Crippen LogP contribution in [-0.4, -0.2) is 20.9 Å². The number of alkyl halides is 2. The number of nitrogens with one attached hydrogen (secondary N) is 2. The molecule has 156 valence electrons. The first-order valence-electron chi connectivity index (χ1n) is 8.79. The molecule has 0 aliphatic heterocycles. The second kappa shape index (κ2) is 8.91. The molecular formula is C21H18F2N2O4S. The summed E-state index contributed by atoms with van der Waals surface area (Å²) in [5, 5.41) is 2.59. The molecule has 3 aromatic carbocycles. The molecule has 0 bridgehead atoms. The molecule has 1 amide bonds. The van der Waals surface area contributed by atoms with E-state index < -0.39 is 22.5 Å². The number of halogens is 2. The van der Waals surface area contributed by atoms with Gasteiger partial charge in [-0.2, -0.15) is 8.78 Å². The molecule has 0 aliphatic rings. The smallest absolute Gasteiger partial charge is 0.387 e. The van der Waals surface area contributed by atoms with E-state index in [0.29, 0.717) is 11.4 Å². The molecule has 0 fully saturated rings. The second-order valence-corrected chi connectivity index (χ2v) is 8.04. The van der Waals surface area contributed by atoms with E-state index in [4.69, 9.17) is 0 Å². The molecular weight excluding hydrogens is 414 g/mol. The van der Waals surface area contributed by atoms with Crippen LogP contribution in [0.1, 0.15) is 15.9 Å². The van der Waals surface area contributed by atoms with Crippen molar-refractivity contribution in [3.8, 4) is 5.75 Å². The first-order chi connectivity index (χ1) is 14.2. The van der Waals surface area contributed by atoms with Gasteiger partial charge in [0.25, 0.3) is 15.9 Å². The van der Waals surface area contributed by atoms with E-state index >= 15 is 0 Å². The minimum absolute atomic E-state index is 0.00752. The van der Waals surface area contributed by atoms with Gasteiger partial charge in [-0.1, -0.05) is 17.7 Å². The molecule has 6 nitrogen and oxygen atoms in total. The number of carbonyl (C=O) groups is 1. The van der Waals surface area contributed by atoms with Crippen LogP contribution >= 0.6 is 0 Å². The largest absolute Gasteiger partial charge is 0.435 e. The summed E-state index contributed by atoms with van der Waals surface area (Å²) >= 11 is 0. The Morgan fingerprint density at radius 2 is 1.43 bits per heavy atom. The van der Waals surface area contributed by atoms with Crippen LogP contribution in [0.2, 0.25) is 0 Å². The van der Waals surface area contributed by atoms with Gasteiger partial charge in [-0.05, 0) is 67.6 Å². The SMILES string of the molecule is Cc1ccc(NS(=O)(=O)c2ccc(C(=O)Nc3ccc(OC(F)F)cc3)cc2)cc1. The number of aryl methyl sites for hydroxylation is 1. The molecule has 0 saturated carbocycles. The third-order valence-electron chi connectivity index (χ3n) is 4.07. The average Bonchev–Trinajstić information content (AvgIpc) is 2.71. The van der Waals surface area contributed by atoms with E-state index in [-0.39, 0.29) is 16.2 Å². The van der Waals surface area contributed by atoms with Gasteiger partial charge in [0.05, 0.1) is 4.90 Å². The van der Waals surface area contributed by atoms with Crippen molar-refractivity contribution in [2.45, 2.75) is 18.4 Å². The standard InChI is InChI=1S/C21H18F2N2O4S/c1-14-2-6-17(7-3-14)25-30(27,28)19-12-4-15(5-13-19)20(26)24-16-8-10-18(11-9-16)29-21(22)23/h2-13,21,25H,1H3,(H,24,26). The highest BCUT2D eigenvalue weighted by atomic mass is 32.2. The number of rotatable bonds is 7. The Bertz CT molecular complexity index is 1120. The van der Waals surface area contributed by atoms with E-state index in [9.17, 15) is 22.0 Å². The lowest BCUT2D eigenvalue weighted by molar-refractivity contribution is -0.0498. The fourth-order valence-corrected chi connectivity index (χ4v) is 3.60. The van der Waals surface area contributed by atoms with Crippen molar-refractivity contribution in [1.82, 2.24) is 0 Å². The van der Waals surface area contributed by atoms with Gasteiger partial charge >= 0.3 is 6.61 Å². The van der Waals surface area contributed by atoms with Crippen LogP contribution in [0, 0.1) is 6.92 Å². The van der Waals surface area contributed by atoms with Crippen molar-refractivity contribution in [3.05, 3.63) is 83.9 Å². The maximum atomic E-state index is 12.5. The Morgan fingerprint density at radius 3 is 2.00 bits per heavy atom. The summed E-state index contributed by atoms with van der Waals surface area (Å²) in [5.41, 5.74) is 2.04. The van der Waals surface area contributed by atoms with Crippen molar-refractivity contribution in [3.63, 3.8) is 0 Å². The number of benzene rings is 3. The summed E-state index contributed by atoms with van der Waals surface area (Å²) in [7, 11) is -3.80. The van der Waals surface area contributed by atoms with Gasteiger partial charge < -0.3 is 10.1 Å². The van der Waals surface area contributed by atoms with E-state index in [0.717, 1.165) is 5.56 Å². The Kier molecular flexibility index (Phi) is 6.31. The topological polar surface area (TPSA) is 84.5 Å². The lowest BCUT2D eigenvalue weighted by Crippen LogP contribution is -2.14. The molecule has 0 radical (unpaired) electrons. The van der Waals surface area contributed by atoms with Gasteiger partial charge in [-0.25, -0.2) is 8.42 Å². The molecule has 0 spiro atoms. The highest BCUT2D eigenvalue weighted by molar-refractivity contribution is 7.92. The molecule has 30 heavy (non-hydrogen) atoms. The molecule has 3 aromatic rings. The first kappa shape index (κ1) is 21.3. The van der Waals surface area contributed by atoms with Crippen molar-refractivity contribution < 1.29 is 26.7 Å². The molecule has 0 heterocycles. The van der Waals surface area contributed by atoms with Gasteiger partial charge in [0, 0.05) is 16.9 Å². The average molecular weight is 432 g/mol. The monoisotopic (exact) mass is 432 g/mol. The zero-order chi connectivity index (χ0) is 21.7. The van der Waals surface area contributed by atoms with Gasteiger partial charge in [-0.3, -0.25) is 9.52 Å². The number of hydrogen-bond acceptors (Lipinski definition) is 4. The highest BCUT2D eigenvalue weighted by Gasteiger charge is 2.15. The minimum atomic E-state index is -3.80. The van der Waals surface area contributed by atoms with Crippen LogP contribution in [0.3, 0.4) is 0 Å². The number of anilines is 2. The Morgan fingerprint density at radius 1 is 0.867 bits per heavy atom. The van der Waals surface area contributed by atoms with Crippen molar-refractivity contribution >= 4 is 27.3 Å². The van der Waals surface area contributed by atoms with E-state index in [1.807, 2.05) is 6.92 Å². The third-order valence-corrected chi connectivity index (χ3v) is 5.47. The zero-order valence-corrected chi connectivity index (χ0v) is 16.6. The molecule has 0 aliphatic carbocycles. The van der Waals surface area contributed by atoms with Gasteiger partial charge in [0.1, 0.15) is 5.75 Å². The van der Waals surface area contributed by atoms with E-state index in [2.05, 4.69) is 14.8 Å².